The minimum Gasteiger partial charge on any atom is -0.502 e. The number of amides is 2. The van der Waals surface area contributed by atoms with Crippen molar-refractivity contribution < 1.29 is 23.5 Å². The SMILES string of the molecule is [C-]#[N+]c1cc2c(Oc3ccc(NC(=O)Nc4cc(C)on4)cc3)ccnc2cc1OCCOC. The van der Waals surface area contributed by atoms with Crippen LogP contribution >= 0.6 is 0 Å². The fourth-order valence-electron chi connectivity index (χ4n) is 3.10. The van der Waals surface area contributed by atoms with E-state index in [2.05, 4.69) is 25.6 Å². The maximum absolute atomic E-state index is 12.1. The summed E-state index contributed by atoms with van der Waals surface area (Å²) in [5, 5.41) is 9.69. The van der Waals surface area contributed by atoms with Crippen molar-refractivity contribution >= 4 is 34.1 Å². The number of nitrogens with one attached hydrogen (secondary N) is 2. The van der Waals surface area contributed by atoms with Crippen LogP contribution in [-0.2, 0) is 4.74 Å². The number of benzene rings is 2. The monoisotopic (exact) mass is 459 g/mol. The van der Waals surface area contributed by atoms with Gasteiger partial charge >= 0.3 is 6.03 Å². The summed E-state index contributed by atoms with van der Waals surface area (Å²) in [7, 11) is 1.58. The first-order chi connectivity index (χ1) is 16.6. The minimum atomic E-state index is -0.447. The van der Waals surface area contributed by atoms with Crippen LogP contribution in [0.25, 0.3) is 15.7 Å². The molecule has 0 aliphatic carbocycles. The highest BCUT2D eigenvalue weighted by atomic mass is 16.5. The minimum absolute atomic E-state index is 0.325. The van der Waals surface area contributed by atoms with E-state index in [-0.39, 0.29) is 0 Å². The van der Waals surface area contributed by atoms with Gasteiger partial charge in [0.25, 0.3) is 0 Å². The summed E-state index contributed by atoms with van der Waals surface area (Å²) in [6.07, 6.45) is 1.62. The van der Waals surface area contributed by atoms with Gasteiger partial charge in [0.05, 0.1) is 18.7 Å². The summed E-state index contributed by atoms with van der Waals surface area (Å²) in [6.45, 7) is 9.97. The van der Waals surface area contributed by atoms with Gasteiger partial charge in [-0.25, -0.2) is 9.64 Å². The van der Waals surface area contributed by atoms with Gasteiger partial charge in [-0.1, -0.05) is 5.16 Å². The number of urea groups is 1. The quantitative estimate of drug-likeness (QED) is 0.263. The maximum Gasteiger partial charge on any atom is 0.324 e. The molecule has 4 rings (SSSR count). The molecule has 0 aliphatic heterocycles. The number of carbonyl (C=O) groups excluding carboxylic acids is 1. The number of fused-ring (bicyclic) bond motifs is 1. The highest BCUT2D eigenvalue weighted by Gasteiger charge is 2.12. The predicted octanol–water partition coefficient (Wildman–Crippen LogP) is 5.54. The number of hydrogen-bond acceptors (Lipinski definition) is 7. The van der Waals surface area contributed by atoms with Crippen LogP contribution in [-0.4, -0.2) is 36.5 Å². The Kier molecular flexibility index (Phi) is 6.86. The molecule has 2 aromatic carbocycles. The Balaban J connectivity index is 1.47. The van der Waals surface area contributed by atoms with Crippen molar-refractivity contribution in [2.24, 2.45) is 0 Å². The van der Waals surface area contributed by atoms with E-state index in [0.717, 1.165) is 0 Å². The van der Waals surface area contributed by atoms with Crippen LogP contribution in [0.3, 0.4) is 0 Å². The van der Waals surface area contributed by atoms with Crippen molar-refractivity contribution in [1.82, 2.24) is 10.1 Å². The molecular weight excluding hydrogens is 438 g/mol. The zero-order valence-corrected chi connectivity index (χ0v) is 18.5. The number of pyridine rings is 1. The van der Waals surface area contributed by atoms with Crippen LogP contribution < -0.4 is 20.1 Å². The van der Waals surface area contributed by atoms with E-state index in [1.165, 1.54) is 0 Å². The molecule has 0 radical (unpaired) electrons. The first-order valence-electron chi connectivity index (χ1n) is 10.3. The molecule has 2 aromatic heterocycles. The van der Waals surface area contributed by atoms with Crippen molar-refractivity contribution in [2.75, 3.05) is 31.0 Å². The number of anilines is 2. The Labute approximate surface area is 195 Å². The lowest BCUT2D eigenvalue weighted by Crippen LogP contribution is -2.19. The van der Waals surface area contributed by atoms with E-state index in [1.54, 1.807) is 68.8 Å². The lowest BCUT2D eigenvalue weighted by molar-refractivity contribution is 0.147. The normalized spacial score (nSPS) is 10.5. The second kappa shape index (κ2) is 10.3. The highest BCUT2D eigenvalue weighted by molar-refractivity contribution is 5.99. The third-order valence-electron chi connectivity index (χ3n) is 4.66. The van der Waals surface area contributed by atoms with Gasteiger partial charge < -0.3 is 24.1 Å². The van der Waals surface area contributed by atoms with Gasteiger partial charge in [0.2, 0.25) is 5.69 Å². The zero-order chi connectivity index (χ0) is 23.9. The van der Waals surface area contributed by atoms with Gasteiger partial charge in [-0.15, -0.1) is 0 Å². The predicted molar refractivity (Wildman–Crippen MR) is 126 cm³/mol. The van der Waals surface area contributed by atoms with Gasteiger partial charge in [-0.05, 0) is 49.4 Å². The van der Waals surface area contributed by atoms with Gasteiger partial charge in [-0.2, -0.15) is 0 Å². The Hall–Kier alpha value is -4.62. The molecule has 0 saturated carbocycles. The molecule has 34 heavy (non-hydrogen) atoms. The summed E-state index contributed by atoms with van der Waals surface area (Å²) in [5.41, 5.74) is 1.56. The van der Waals surface area contributed by atoms with Crippen molar-refractivity contribution in [2.45, 2.75) is 6.92 Å². The molecule has 0 atom stereocenters. The molecule has 0 spiro atoms. The van der Waals surface area contributed by atoms with E-state index >= 15 is 0 Å². The number of methoxy groups -OCH3 is 1. The Morgan fingerprint density at radius 2 is 1.91 bits per heavy atom. The van der Waals surface area contributed by atoms with Crippen molar-refractivity contribution in [3.05, 3.63) is 71.9 Å². The van der Waals surface area contributed by atoms with Crippen molar-refractivity contribution in [3.8, 4) is 17.2 Å². The number of ether oxygens (including phenoxy) is 3. The molecule has 2 heterocycles. The van der Waals surface area contributed by atoms with Gasteiger partial charge in [0.1, 0.15) is 29.6 Å². The van der Waals surface area contributed by atoms with Gasteiger partial charge in [0, 0.05) is 30.4 Å². The molecular formula is C24H21N5O5. The van der Waals surface area contributed by atoms with Gasteiger partial charge in [-0.3, -0.25) is 10.3 Å². The largest absolute Gasteiger partial charge is 0.502 e. The lowest BCUT2D eigenvalue weighted by atomic mass is 10.1. The molecule has 172 valence electrons. The number of hydrogen-bond donors (Lipinski definition) is 2. The van der Waals surface area contributed by atoms with E-state index in [1.807, 2.05) is 0 Å². The molecule has 0 bridgehead atoms. The fraction of sp³-hybridized carbons (Fsp3) is 0.167. The average Bonchev–Trinajstić information content (AvgIpc) is 3.24. The number of rotatable bonds is 8. The second-order valence-corrected chi connectivity index (χ2v) is 7.13. The van der Waals surface area contributed by atoms with Crippen LogP contribution in [0.1, 0.15) is 5.76 Å². The maximum atomic E-state index is 12.1. The smallest absolute Gasteiger partial charge is 0.324 e. The summed E-state index contributed by atoms with van der Waals surface area (Å²) < 4.78 is 21.6. The average molecular weight is 459 g/mol. The molecule has 10 heteroatoms. The second-order valence-electron chi connectivity index (χ2n) is 7.13. The Morgan fingerprint density at radius 1 is 1.09 bits per heavy atom. The lowest BCUT2D eigenvalue weighted by Gasteiger charge is -2.12. The molecule has 0 fully saturated rings. The first-order valence-corrected chi connectivity index (χ1v) is 10.3. The van der Waals surface area contributed by atoms with E-state index in [0.29, 0.717) is 64.3 Å². The van der Waals surface area contributed by atoms with Gasteiger partial charge in [0.15, 0.2) is 5.82 Å². The zero-order valence-electron chi connectivity index (χ0n) is 18.5. The molecule has 0 aliphatic rings. The van der Waals surface area contributed by atoms with Crippen LogP contribution in [0, 0.1) is 13.5 Å². The molecule has 2 N–H and O–H groups in total. The first kappa shape index (κ1) is 22.6. The number of aromatic nitrogens is 2. The van der Waals surface area contributed by atoms with Crippen LogP contribution in [0.15, 0.2) is 59.3 Å². The van der Waals surface area contributed by atoms with Crippen molar-refractivity contribution in [1.29, 1.82) is 0 Å². The third kappa shape index (κ3) is 5.40. The third-order valence-corrected chi connectivity index (χ3v) is 4.66. The standard InChI is InChI=1S/C24H21N5O5/c1-15-12-23(29-34-15)28-24(30)27-16-4-6-17(7-5-16)33-21-8-9-26-19-14-22(32-11-10-31-3)20(25-2)13-18(19)21/h4-9,12-14H,10-11H2,1,3H3,(H2,27,28,29,30). The highest BCUT2D eigenvalue weighted by Crippen LogP contribution is 2.37. The number of nitrogens with zero attached hydrogens (tertiary/aromatic N) is 3. The van der Waals surface area contributed by atoms with E-state index in [4.69, 9.17) is 25.3 Å². The van der Waals surface area contributed by atoms with Crippen LogP contribution in [0.2, 0.25) is 0 Å². The fourth-order valence-corrected chi connectivity index (χ4v) is 3.10. The van der Waals surface area contributed by atoms with Crippen LogP contribution in [0.4, 0.5) is 22.0 Å². The number of aryl methyl sites for hydroxylation is 1. The van der Waals surface area contributed by atoms with Crippen LogP contribution in [0.5, 0.6) is 17.2 Å². The van der Waals surface area contributed by atoms with E-state index < -0.39 is 6.03 Å². The Morgan fingerprint density at radius 3 is 2.62 bits per heavy atom. The summed E-state index contributed by atoms with van der Waals surface area (Å²) >= 11 is 0. The molecule has 0 saturated heterocycles. The molecule has 4 aromatic rings. The summed E-state index contributed by atoms with van der Waals surface area (Å²) in [5.74, 6) is 2.46. The summed E-state index contributed by atoms with van der Waals surface area (Å²) in [6, 6.07) is 13.2. The molecule has 2 amide bonds. The Bertz CT molecular complexity index is 1340. The van der Waals surface area contributed by atoms with Crippen molar-refractivity contribution in [3.63, 3.8) is 0 Å². The summed E-state index contributed by atoms with van der Waals surface area (Å²) in [4.78, 5) is 20.0. The molecule has 0 unspecified atom stereocenters. The molecule has 10 nitrogen and oxygen atoms in total. The van der Waals surface area contributed by atoms with E-state index in [9.17, 15) is 4.79 Å². The number of carbonyl (C=O) groups is 1. The topological polar surface area (TPSA) is 112 Å².